The van der Waals surface area contributed by atoms with Crippen LogP contribution in [-0.2, 0) is 11.8 Å². The van der Waals surface area contributed by atoms with Gasteiger partial charge in [0.15, 0.2) is 5.78 Å². The fraction of sp³-hybridized carbons (Fsp3) is 0.357. The lowest BCUT2D eigenvalue weighted by atomic mass is 9.90. The fourth-order valence-electron chi connectivity index (χ4n) is 1.80. The van der Waals surface area contributed by atoms with Crippen LogP contribution in [-0.4, -0.2) is 15.4 Å². The van der Waals surface area contributed by atoms with Gasteiger partial charge in [0.25, 0.3) is 0 Å². The van der Waals surface area contributed by atoms with Gasteiger partial charge in [0, 0.05) is 21.9 Å². The summed E-state index contributed by atoms with van der Waals surface area (Å²) in [6.45, 7) is 6.02. The van der Waals surface area contributed by atoms with Crippen LogP contribution in [0.25, 0.3) is 0 Å². The molecule has 1 aromatic carbocycles. The molecule has 2 rings (SSSR count). The van der Waals surface area contributed by atoms with E-state index in [0.717, 1.165) is 22.8 Å². The molecule has 0 bridgehead atoms. The van der Waals surface area contributed by atoms with Crippen LogP contribution in [0.5, 0.6) is 0 Å². The van der Waals surface area contributed by atoms with E-state index in [9.17, 15) is 4.79 Å². The van der Waals surface area contributed by atoms with Crippen LogP contribution < -0.4 is 0 Å². The topological polar surface area (TPSA) is 42.9 Å². The molecule has 2 aromatic rings. The average molecular weight is 329 g/mol. The summed E-state index contributed by atoms with van der Waals surface area (Å²) in [5, 5.41) is 5.18. The highest BCUT2D eigenvalue weighted by Gasteiger charge is 2.26. The average Bonchev–Trinajstić information content (AvgIpc) is 2.82. The van der Waals surface area contributed by atoms with Crippen molar-refractivity contribution in [1.82, 2.24) is 9.59 Å². The molecular formula is C14H14Cl2N2OS. The van der Waals surface area contributed by atoms with E-state index in [4.69, 9.17) is 23.2 Å². The van der Waals surface area contributed by atoms with Crippen LogP contribution in [0.3, 0.4) is 0 Å². The standard InChI is InChI=1S/C14H14Cl2N2OS/c1-14(2,3)13-12(20-18-17-13)11(19)7-8-6-9(15)4-5-10(8)16/h4-6H,7H2,1-3H3. The summed E-state index contributed by atoms with van der Waals surface area (Å²) in [5.41, 5.74) is 1.24. The van der Waals surface area contributed by atoms with Gasteiger partial charge in [-0.05, 0) is 35.3 Å². The predicted octanol–water partition coefficient (Wildman–Crippen LogP) is 4.57. The van der Waals surface area contributed by atoms with Gasteiger partial charge in [-0.1, -0.05) is 48.5 Å². The van der Waals surface area contributed by atoms with Crippen LogP contribution >= 0.6 is 34.7 Å². The third kappa shape index (κ3) is 3.37. The minimum absolute atomic E-state index is 0.0332. The zero-order valence-corrected chi connectivity index (χ0v) is 13.7. The van der Waals surface area contributed by atoms with Gasteiger partial charge < -0.3 is 0 Å². The van der Waals surface area contributed by atoms with Crippen molar-refractivity contribution < 1.29 is 4.79 Å². The molecule has 0 amide bonds. The third-order valence-electron chi connectivity index (χ3n) is 2.81. The van der Waals surface area contributed by atoms with Gasteiger partial charge in [0.05, 0.1) is 5.69 Å². The fourth-order valence-corrected chi connectivity index (χ4v) is 2.99. The van der Waals surface area contributed by atoms with Crippen molar-refractivity contribution in [3.05, 3.63) is 44.4 Å². The van der Waals surface area contributed by atoms with Crippen molar-refractivity contribution in [1.29, 1.82) is 0 Å². The van der Waals surface area contributed by atoms with Gasteiger partial charge in [-0.2, -0.15) is 0 Å². The molecule has 0 aliphatic carbocycles. The molecular weight excluding hydrogens is 315 g/mol. The summed E-state index contributed by atoms with van der Waals surface area (Å²) in [4.78, 5) is 13.0. The van der Waals surface area contributed by atoms with Crippen molar-refractivity contribution in [2.24, 2.45) is 0 Å². The molecule has 0 radical (unpaired) electrons. The summed E-state index contributed by atoms with van der Waals surface area (Å²) in [5.74, 6) is -0.0332. The molecule has 1 heterocycles. The number of ketones is 1. The summed E-state index contributed by atoms with van der Waals surface area (Å²) in [6, 6.07) is 5.11. The Morgan fingerprint density at radius 1 is 1.30 bits per heavy atom. The maximum absolute atomic E-state index is 12.4. The number of hydrogen-bond acceptors (Lipinski definition) is 4. The summed E-state index contributed by atoms with van der Waals surface area (Å²) >= 11 is 13.2. The maximum Gasteiger partial charge on any atom is 0.180 e. The van der Waals surface area contributed by atoms with Gasteiger partial charge in [-0.3, -0.25) is 4.79 Å². The van der Waals surface area contributed by atoms with E-state index < -0.39 is 0 Å². The van der Waals surface area contributed by atoms with Gasteiger partial charge in [0.2, 0.25) is 0 Å². The first-order valence-electron chi connectivity index (χ1n) is 6.09. The molecule has 6 heteroatoms. The van der Waals surface area contributed by atoms with Crippen LogP contribution in [0.1, 0.15) is 41.7 Å². The van der Waals surface area contributed by atoms with E-state index in [1.165, 1.54) is 0 Å². The quantitative estimate of drug-likeness (QED) is 0.775. The second-order valence-corrected chi connectivity index (χ2v) is 7.13. The SMILES string of the molecule is CC(C)(C)c1nnsc1C(=O)Cc1cc(Cl)ccc1Cl. The molecule has 0 saturated heterocycles. The molecule has 0 aliphatic heterocycles. The number of halogens is 2. The smallest absolute Gasteiger partial charge is 0.180 e. The van der Waals surface area contributed by atoms with Gasteiger partial charge in [-0.15, -0.1) is 5.10 Å². The van der Waals surface area contributed by atoms with E-state index in [-0.39, 0.29) is 17.6 Å². The number of Topliss-reactive ketones (excluding diaryl/α,β-unsaturated/α-hetero) is 1. The van der Waals surface area contributed by atoms with Crippen LogP contribution in [0.15, 0.2) is 18.2 Å². The van der Waals surface area contributed by atoms with Crippen molar-refractivity contribution in [2.75, 3.05) is 0 Å². The highest BCUT2D eigenvalue weighted by Crippen LogP contribution is 2.28. The number of carbonyl (C=O) groups is 1. The molecule has 20 heavy (non-hydrogen) atoms. The molecule has 0 spiro atoms. The maximum atomic E-state index is 12.4. The second-order valence-electron chi connectivity index (χ2n) is 5.54. The molecule has 0 fully saturated rings. The minimum atomic E-state index is -0.212. The molecule has 0 unspecified atom stereocenters. The van der Waals surface area contributed by atoms with E-state index >= 15 is 0 Å². The lowest BCUT2D eigenvalue weighted by molar-refractivity contribution is 0.0994. The van der Waals surface area contributed by atoms with E-state index in [2.05, 4.69) is 9.59 Å². The summed E-state index contributed by atoms with van der Waals surface area (Å²) in [7, 11) is 0. The largest absolute Gasteiger partial charge is 0.293 e. The lowest BCUT2D eigenvalue weighted by Crippen LogP contribution is -2.17. The summed E-state index contributed by atoms with van der Waals surface area (Å²) in [6.07, 6.45) is 0.201. The highest BCUT2D eigenvalue weighted by molar-refractivity contribution is 7.08. The molecule has 3 nitrogen and oxygen atoms in total. The minimum Gasteiger partial charge on any atom is -0.293 e. The zero-order chi connectivity index (χ0) is 14.9. The Balaban J connectivity index is 2.30. The predicted molar refractivity (Wildman–Crippen MR) is 83.1 cm³/mol. The first-order valence-corrected chi connectivity index (χ1v) is 7.62. The van der Waals surface area contributed by atoms with Crippen molar-refractivity contribution in [2.45, 2.75) is 32.6 Å². The van der Waals surface area contributed by atoms with Crippen molar-refractivity contribution in [3.63, 3.8) is 0 Å². The third-order valence-corrected chi connectivity index (χ3v) is 4.18. The number of nitrogens with zero attached hydrogens (tertiary/aromatic N) is 2. The number of benzene rings is 1. The molecule has 0 atom stereocenters. The first-order chi connectivity index (χ1) is 9.29. The number of carbonyl (C=O) groups excluding carboxylic acids is 1. The number of rotatable bonds is 3. The highest BCUT2D eigenvalue weighted by atomic mass is 35.5. The van der Waals surface area contributed by atoms with E-state index in [0.29, 0.717) is 14.9 Å². The van der Waals surface area contributed by atoms with Crippen LogP contribution in [0.4, 0.5) is 0 Å². The molecule has 106 valence electrons. The van der Waals surface area contributed by atoms with E-state index in [1.807, 2.05) is 20.8 Å². The molecule has 0 N–H and O–H groups in total. The Labute approximate surface area is 132 Å². The van der Waals surface area contributed by atoms with Gasteiger partial charge >= 0.3 is 0 Å². The Morgan fingerprint density at radius 2 is 2.00 bits per heavy atom. The Morgan fingerprint density at radius 3 is 2.65 bits per heavy atom. The Bertz CT molecular complexity index is 647. The summed E-state index contributed by atoms with van der Waals surface area (Å²) < 4.78 is 3.90. The van der Waals surface area contributed by atoms with Crippen LogP contribution in [0.2, 0.25) is 10.0 Å². The van der Waals surface area contributed by atoms with Crippen molar-refractivity contribution >= 4 is 40.5 Å². The van der Waals surface area contributed by atoms with E-state index in [1.54, 1.807) is 18.2 Å². The number of hydrogen-bond donors (Lipinski definition) is 0. The van der Waals surface area contributed by atoms with Gasteiger partial charge in [0.1, 0.15) is 4.88 Å². The monoisotopic (exact) mass is 328 g/mol. The first kappa shape index (κ1) is 15.4. The molecule has 0 saturated carbocycles. The zero-order valence-electron chi connectivity index (χ0n) is 11.4. The normalized spacial score (nSPS) is 11.7. The Kier molecular flexibility index (Phi) is 4.47. The van der Waals surface area contributed by atoms with Crippen molar-refractivity contribution in [3.8, 4) is 0 Å². The molecule has 0 aliphatic rings. The van der Waals surface area contributed by atoms with Crippen LogP contribution in [0, 0.1) is 0 Å². The lowest BCUT2D eigenvalue weighted by Gasteiger charge is -2.16. The number of aromatic nitrogens is 2. The Hall–Kier alpha value is -0.970. The molecule has 1 aromatic heterocycles. The second kappa shape index (κ2) is 5.80. The van der Waals surface area contributed by atoms with Gasteiger partial charge in [-0.25, -0.2) is 0 Å².